The second-order valence-corrected chi connectivity index (χ2v) is 9.06. The third-order valence-electron chi connectivity index (χ3n) is 6.48. The van der Waals surface area contributed by atoms with E-state index in [9.17, 15) is 14.0 Å². The van der Waals surface area contributed by atoms with Gasteiger partial charge in [0.05, 0.1) is 28.3 Å². The van der Waals surface area contributed by atoms with Crippen molar-refractivity contribution in [2.75, 3.05) is 0 Å². The summed E-state index contributed by atoms with van der Waals surface area (Å²) in [4.78, 5) is 8.87. The van der Waals surface area contributed by atoms with Crippen molar-refractivity contribution in [3.05, 3.63) is 70.6 Å². The SMILES string of the molecule is Cc1nn(-c2cc(Cc3c(C)c(-c4ccc(OC(F)F)cc4)nn3CC3CC3)ncn2)c(C)c1C#N. The molecular weight excluding hydrogens is 464 g/mol. The van der Waals surface area contributed by atoms with Crippen LogP contribution in [0.25, 0.3) is 17.1 Å². The zero-order chi connectivity index (χ0) is 25.4. The van der Waals surface area contributed by atoms with Gasteiger partial charge >= 0.3 is 6.61 Å². The molecule has 1 aliphatic rings. The van der Waals surface area contributed by atoms with Gasteiger partial charge in [0.15, 0.2) is 5.82 Å². The first-order valence-corrected chi connectivity index (χ1v) is 11.7. The molecule has 10 heteroatoms. The first-order chi connectivity index (χ1) is 17.3. The molecule has 4 aromatic rings. The molecule has 3 heterocycles. The maximum atomic E-state index is 12.5. The van der Waals surface area contributed by atoms with Crippen molar-refractivity contribution >= 4 is 0 Å². The molecule has 0 aliphatic heterocycles. The fraction of sp³-hybridized carbons (Fsp3) is 0.346. The van der Waals surface area contributed by atoms with Crippen molar-refractivity contribution in [3.63, 3.8) is 0 Å². The van der Waals surface area contributed by atoms with E-state index >= 15 is 0 Å². The van der Waals surface area contributed by atoms with E-state index in [4.69, 9.17) is 5.10 Å². The van der Waals surface area contributed by atoms with Crippen LogP contribution in [0.5, 0.6) is 5.75 Å². The van der Waals surface area contributed by atoms with Gasteiger partial charge < -0.3 is 4.74 Å². The van der Waals surface area contributed by atoms with E-state index < -0.39 is 6.61 Å². The minimum absolute atomic E-state index is 0.112. The number of hydrogen-bond acceptors (Lipinski definition) is 6. The maximum absolute atomic E-state index is 12.5. The summed E-state index contributed by atoms with van der Waals surface area (Å²) in [6.45, 7) is 3.63. The van der Waals surface area contributed by atoms with E-state index in [-0.39, 0.29) is 5.75 Å². The van der Waals surface area contributed by atoms with Crippen molar-refractivity contribution in [3.8, 4) is 28.9 Å². The van der Waals surface area contributed by atoms with Crippen molar-refractivity contribution in [1.29, 1.82) is 5.26 Å². The summed E-state index contributed by atoms with van der Waals surface area (Å²) in [6.07, 6.45) is 4.42. The minimum Gasteiger partial charge on any atom is -0.435 e. The standard InChI is InChI=1S/C26H25F2N7O/c1-15-23(10-20-11-24(31-14-30-20)35-17(3)22(12-29)16(2)32-35)34(13-18-4-5-18)33-25(15)19-6-8-21(9-7-19)36-26(27)28/h6-9,11,14,18,26H,4-5,10,13H2,1-3H3. The lowest BCUT2D eigenvalue weighted by Crippen LogP contribution is -2.10. The van der Waals surface area contributed by atoms with Gasteiger partial charge in [-0.15, -0.1) is 0 Å². The second-order valence-electron chi connectivity index (χ2n) is 9.06. The summed E-state index contributed by atoms with van der Waals surface area (Å²) in [7, 11) is 0. The van der Waals surface area contributed by atoms with Gasteiger partial charge in [0, 0.05) is 30.3 Å². The fourth-order valence-electron chi connectivity index (χ4n) is 4.37. The van der Waals surface area contributed by atoms with Gasteiger partial charge in [0.1, 0.15) is 18.1 Å². The molecule has 0 atom stereocenters. The van der Waals surface area contributed by atoms with Crippen molar-refractivity contribution in [1.82, 2.24) is 29.5 Å². The molecule has 0 N–H and O–H groups in total. The Hall–Kier alpha value is -4.13. The summed E-state index contributed by atoms with van der Waals surface area (Å²) >= 11 is 0. The summed E-state index contributed by atoms with van der Waals surface area (Å²) in [5.74, 6) is 1.32. The van der Waals surface area contributed by atoms with Gasteiger partial charge in [-0.05, 0) is 69.4 Å². The van der Waals surface area contributed by atoms with Crippen LogP contribution in [0, 0.1) is 38.0 Å². The molecule has 0 saturated heterocycles. The van der Waals surface area contributed by atoms with Crippen LogP contribution in [-0.2, 0) is 13.0 Å². The number of aromatic nitrogens is 6. The molecule has 0 radical (unpaired) electrons. The average molecular weight is 490 g/mol. The van der Waals surface area contributed by atoms with E-state index in [1.165, 1.54) is 31.3 Å². The Kier molecular flexibility index (Phi) is 6.22. The number of halogens is 2. The molecule has 1 aliphatic carbocycles. The maximum Gasteiger partial charge on any atom is 0.387 e. The Balaban J connectivity index is 1.48. The highest BCUT2D eigenvalue weighted by atomic mass is 19.3. The summed E-state index contributed by atoms with van der Waals surface area (Å²) in [5, 5.41) is 18.8. The van der Waals surface area contributed by atoms with Gasteiger partial charge in [-0.1, -0.05) is 0 Å². The molecule has 0 spiro atoms. The van der Waals surface area contributed by atoms with Crippen LogP contribution in [0.3, 0.4) is 0 Å². The fourth-order valence-corrected chi connectivity index (χ4v) is 4.37. The molecule has 5 rings (SSSR count). The Morgan fingerprint density at radius 3 is 2.50 bits per heavy atom. The van der Waals surface area contributed by atoms with Crippen LogP contribution in [0.15, 0.2) is 36.7 Å². The van der Waals surface area contributed by atoms with E-state index in [2.05, 4.69) is 25.9 Å². The molecule has 36 heavy (non-hydrogen) atoms. The van der Waals surface area contributed by atoms with Gasteiger partial charge in [0.2, 0.25) is 0 Å². The molecular formula is C26H25F2N7O. The minimum atomic E-state index is -2.86. The van der Waals surface area contributed by atoms with Crippen LogP contribution in [0.2, 0.25) is 0 Å². The van der Waals surface area contributed by atoms with E-state index in [0.29, 0.717) is 29.4 Å². The van der Waals surface area contributed by atoms with E-state index in [1.807, 2.05) is 24.6 Å². The van der Waals surface area contributed by atoms with Gasteiger partial charge in [-0.3, -0.25) is 4.68 Å². The zero-order valence-corrected chi connectivity index (χ0v) is 20.2. The van der Waals surface area contributed by atoms with E-state index in [0.717, 1.165) is 40.4 Å². The van der Waals surface area contributed by atoms with Crippen molar-refractivity contribution in [2.45, 2.75) is 53.2 Å². The van der Waals surface area contributed by atoms with Crippen molar-refractivity contribution < 1.29 is 13.5 Å². The number of alkyl halides is 2. The number of benzene rings is 1. The number of rotatable bonds is 8. The molecule has 0 bridgehead atoms. The predicted molar refractivity (Wildman–Crippen MR) is 128 cm³/mol. The van der Waals surface area contributed by atoms with Crippen LogP contribution < -0.4 is 4.74 Å². The third kappa shape index (κ3) is 4.69. The highest BCUT2D eigenvalue weighted by molar-refractivity contribution is 5.65. The third-order valence-corrected chi connectivity index (χ3v) is 6.48. The molecule has 1 aromatic carbocycles. The van der Waals surface area contributed by atoms with Gasteiger partial charge in [0.25, 0.3) is 0 Å². The number of ether oxygens (including phenoxy) is 1. The number of nitrogens with zero attached hydrogens (tertiary/aromatic N) is 7. The Morgan fingerprint density at radius 2 is 1.86 bits per heavy atom. The van der Waals surface area contributed by atoms with E-state index in [1.54, 1.807) is 23.7 Å². The lowest BCUT2D eigenvalue weighted by molar-refractivity contribution is -0.0498. The predicted octanol–water partition coefficient (Wildman–Crippen LogP) is 4.92. The summed E-state index contributed by atoms with van der Waals surface area (Å²) in [6, 6.07) is 10.6. The quantitative estimate of drug-likeness (QED) is 0.349. The average Bonchev–Trinajstić information content (AvgIpc) is 3.56. The highest BCUT2D eigenvalue weighted by Gasteiger charge is 2.26. The highest BCUT2D eigenvalue weighted by Crippen LogP contribution is 2.34. The largest absolute Gasteiger partial charge is 0.435 e. The molecule has 0 unspecified atom stereocenters. The van der Waals surface area contributed by atoms with Crippen LogP contribution in [-0.4, -0.2) is 36.1 Å². The van der Waals surface area contributed by atoms with Gasteiger partial charge in [-0.25, -0.2) is 14.6 Å². The topological polar surface area (TPSA) is 94.4 Å². The number of hydrogen-bond donors (Lipinski definition) is 0. The molecule has 3 aromatic heterocycles. The Labute approximate surface area is 207 Å². The summed E-state index contributed by atoms with van der Waals surface area (Å²) < 4.78 is 33.3. The Bertz CT molecular complexity index is 1450. The van der Waals surface area contributed by atoms with Gasteiger partial charge in [-0.2, -0.15) is 24.2 Å². The summed E-state index contributed by atoms with van der Waals surface area (Å²) in [5.41, 5.74) is 6.43. The lowest BCUT2D eigenvalue weighted by Gasteiger charge is -2.09. The normalized spacial score (nSPS) is 13.2. The monoisotopic (exact) mass is 489 g/mol. The number of aryl methyl sites for hydroxylation is 1. The van der Waals surface area contributed by atoms with Crippen molar-refractivity contribution in [2.24, 2.45) is 5.92 Å². The number of nitriles is 1. The first-order valence-electron chi connectivity index (χ1n) is 11.7. The van der Waals surface area contributed by atoms with Crippen LogP contribution in [0.4, 0.5) is 8.78 Å². The molecule has 184 valence electrons. The second kappa shape index (κ2) is 9.49. The molecule has 0 amide bonds. The lowest BCUT2D eigenvalue weighted by atomic mass is 10.0. The molecule has 8 nitrogen and oxygen atoms in total. The smallest absolute Gasteiger partial charge is 0.387 e. The zero-order valence-electron chi connectivity index (χ0n) is 20.2. The first kappa shape index (κ1) is 23.6. The Morgan fingerprint density at radius 1 is 1.11 bits per heavy atom. The van der Waals surface area contributed by atoms with Crippen LogP contribution >= 0.6 is 0 Å². The van der Waals surface area contributed by atoms with Crippen LogP contribution in [0.1, 0.15) is 46.7 Å². The molecule has 1 fully saturated rings. The molecule has 1 saturated carbocycles.